The number of phosphoric acid groups is 1. The minimum Gasteiger partial charge on any atom is -0.480 e. The lowest BCUT2D eigenvalue weighted by Gasteiger charge is -2.20. The van der Waals surface area contributed by atoms with Gasteiger partial charge < -0.3 is 25.2 Å². The second-order valence-corrected chi connectivity index (χ2v) is 15.2. The highest BCUT2D eigenvalue weighted by Crippen LogP contribution is 2.43. The molecule has 3 atom stereocenters. The Balaban J connectivity index is 4.46. The van der Waals surface area contributed by atoms with Crippen LogP contribution >= 0.6 is 7.82 Å². The summed E-state index contributed by atoms with van der Waals surface area (Å²) in [6.07, 6.45) is 42.8. The van der Waals surface area contributed by atoms with Crippen LogP contribution in [-0.2, 0) is 37.5 Å². The summed E-state index contributed by atoms with van der Waals surface area (Å²) in [4.78, 5) is 45.9. The molecule has 0 fully saturated rings. The van der Waals surface area contributed by atoms with Gasteiger partial charge in [0.2, 0.25) is 0 Å². The van der Waals surface area contributed by atoms with Gasteiger partial charge in [-0.05, 0) is 77.0 Å². The standard InChI is InChI=1S/C43H74NO10P/c1-3-5-7-9-11-13-15-17-19-20-21-23-24-26-28-30-32-34-41(45)51-36-39(37-52-55(49,50)53-38-40(44)43(47)48)54-42(46)35-33-31-29-27-25-22-18-16-14-12-10-8-6-4-2/h10-13,16-19,21,23,39-40H,3-9,14-15,20,22,24-38,44H2,1-2H3,(H,47,48)(H,49,50)/b12-10+,13-11+,18-16+,19-17+,23-21+/t39-,40+/m1/s1. The van der Waals surface area contributed by atoms with E-state index in [0.717, 1.165) is 89.9 Å². The summed E-state index contributed by atoms with van der Waals surface area (Å²) in [6, 6.07) is -1.53. The van der Waals surface area contributed by atoms with Gasteiger partial charge in [-0.25, -0.2) is 4.57 Å². The second-order valence-electron chi connectivity index (χ2n) is 13.8. The summed E-state index contributed by atoms with van der Waals surface area (Å²) in [6.45, 7) is 2.68. The first-order valence-corrected chi connectivity index (χ1v) is 22.3. The van der Waals surface area contributed by atoms with Crippen LogP contribution in [0.15, 0.2) is 60.8 Å². The number of unbranched alkanes of at least 4 members (excludes halogenated alkanes) is 14. The molecule has 0 bridgehead atoms. The maximum Gasteiger partial charge on any atom is 0.472 e. The summed E-state index contributed by atoms with van der Waals surface area (Å²) in [5.41, 5.74) is 5.32. The molecule has 12 heteroatoms. The van der Waals surface area contributed by atoms with Crippen molar-refractivity contribution < 1.29 is 47.5 Å². The van der Waals surface area contributed by atoms with Crippen LogP contribution in [0.3, 0.4) is 0 Å². The largest absolute Gasteiger partial charge is 0.480 e. The van der Waals surface area contributed by atoms with Crippen LogP contribution in [-0.4, -0.2) is 59.9 Å². The van der Waals surface area contributed by atoms with Crippen LogP contribution in [0.5, 0.6) is 0 Å². The molecule has 11 nitrogen and oxygen atoms in total. The van der Waals surface area contributed by atoms with Gasteiger partial charge in [0, 0.05) is 12.8 Å². The van der Waals surface area contributed by atoms with E-state index in [1.165, 1.54) is 32.1 Å². The van der Waals surface area contributed by atoms with E-state index in [0.29, 0.717) is 12.8 Å². The van der Waals surface area contributed by atoms with Crippen molar-refractivity contribution in [2.45, 2.75) is 174 Å². The van der Waals surface area contributed by atoms with Crippen LogP contribution in [0.1, 0.15) is 162 Å². The fraction of sp³-hybridized carbons (Fsp3) is 0.698. The van der Waals surface area contributed by atoms with Crippen molar-refractivity contribution in [3.8, 4) is 0 Å². The number of ether oxygens (including phenoxy) is 2. The van der Waals surface area contributed by atoms with Crippen molar-refractivity contribution in [1.29, 1.82) is 0 Å². The molecule has 1 unspecified atom stereocenters. The highest BCUT2D eigenvalue weighted by molar-refractivity contribution is 7.47. The van der Waals surface area contributed by atoms with Crippen LogP contribution < -0.4 is 5.73 Å². The molecular weight excluding hydrogens is 721 g/mol. The zero-order valence-corrected chi connectivity index (χ0v) is 34.9. The Hall–Kier alpha value is -2.82. The maximum atomic E-state index is 12.6. The van der Waals surface area contributed by atoms with Gasteiger partial charge in [0.15, 0.2) is 6.10 Å². The molecule has 0 aromatic heterocycles. The number of carboxylic acid groups (broad SMARTS) is 1. The molecule has 0 saturated carbocycles. The topological polar surface area (TPSA) is 172 Å². The number of hydrogen-bond donors (Lipinski definition) is 3. The zero-order chi connectivity index (χ0) is 40.7. The fourth-order valence-corrected chi connectivity index (χ4v) is 5.92. The molecule has 4 N–H and O–H groups in total. The molecular formula is C43H74NO10P. The molecule has 0 radical (unpaired) electrons. The molecule has 0 aliphatic heterocycles. The molecule has 0 aromatic rings. The van der Waals surface area contributed by atoms with E-state index in [-0.39, 0.29) is 19.4 Å². The van der Waals surface area contributed by atoms with Gasteiger partial charge in [0.05, 0.1) is 13.2 Å². The van der Waals surface area contributed by atoms with Crippen molar-refractivity contribution in [3.63, 3.8) is 0 Å². The predicted molar refractivity (Wildman–Crippen MR) is 221 cm³/mol. The van der Waals surface area contributed by atoms with E-state index >= 15 is 0 Å². The summed E-state index contributed by atoms with van der Waals surface area (Å²) in [5.74, 6) is -2.43. The number of carbonyl (C=O) groups is 3. The third kappa shape index (κ3) is 37.9. The summed E-state index contributed by atoms with van der Waals surface area (Å²) >= 11 is 0. The number of esters is 2. The molecule has 0 spiro atoms. The quantitative estimate of drug-likeness (QED) is 0.0235. The first-order valence-electron chi connectivity index (χ1n) is 20.8. The molecule has 0 aliphatic rings. The number of aliphatic carboxylic acids is 1. The maximum absolute atomic E-state index is 12.6. The smallest absolute Gasteiger partial charge is 0.472 e. The molecule has 0 saturated heterocycles. The van der Waals surface area contributed by atoms with E-state index in [4.69, 9.17) is 24.8 Å². The monoisotopic (exact) mass is 796 g/mol. The van der Waals surface area contributed by atoms with Crippen molar-refractivity contribution in [2.75, 3.05) is 19.8 Å². The van der Waals surface area contributed by atoms with Crippen LogP contribution in [0.2, 0.25) is 0 Å². The highest BCUT2D eigenvalue weighted by Gasteiger charge is 2.28. The van der Waals surface area contributed by atoms with E-state index in [9.17, 15) is 23.8 Å². The van der Waals surface area contributed by atoms with Gasteiger partial charge in [-0.2, -0.15) is 0 Å². The molecule has 0 aliphatic carbocycles. The van der Waals surface area contributed by atoms with Crippen molar-refractivity contribution in [2.24, 2.45) is 5.73 Å². The zero-order valence-electron chi connectivity index (χ0n) is 34.0. The van der Waals surface area contributed by atoms with Gasteiger partial charge in [-0.15, -0.1) is 0 Å². The Morgan fingerprint density at radius 1 is 0.564 bits per heavy atom. The SMILES string of the molecule is CCCC/C=C/C/C=C/CCCCCCCC(=O)O[C@H](COC(=O)CCCCCC/C=C/C/C=C/C/C=C/CCCCC)COP(=O)(O)OC[C@H](N)C(=O)O. The molecule has 316 valence electrons. The van der Waals surface area contributed by atoms with Crippen LogP contribution in [0, 0.1) is 0 Å². The number of carboxylic acids is 1. The third-order valence-corrected chi connectivity index (χ3v) is 9.44. The average Bonchev–Trinajstić information content (AvgIpc) is 3.16. The Morgan fingerprint density at radius 3 is 1.49 bits per heavy atom. The Labute approximate surface area is 332 Å². The van der Waals surface area contributed by atoms with Gasteiger partial charge in [0.25, 0.3) is 0 Å². The van der Waals surface area contributed by atoms with E-state index in [1.807, 2.05) is 0 Å². The van der Waals surface area contributed by atoms with Gasteiger partial charge >= 0.3 is 25.7 Å². The average molecular weight is 796 g/mol. The molecule has 0 rings (SSSR count). The number of phosphoric ester groups is 1. The molecule has 0 amide bonds. The Bertz CT molecular complexity index is 1170. The van der Waals surface area contributed by atoms with Gasteiger partial charge in [-0.1, -0.05) is 132 Å². The highest BCUT2D eigenvalue weighted by atomic mass is 31.2. The first kappa shape index (κ1) is 52.2. The Morgan fingerprint density at radius 2 is 0.982 bits per heavy atom. The summed E-state index contributed by atoms with van der Waals surface area (Å²) in [7, 11) is -4.73. The first-order chi connectivity index (χ1) is 26.6. The van der Waals surface area contributed by atoms with Crippen molar-refractivity contribution in [3.05, 3.63) is 60.8 Å². The lowest BCUT2D eigenvalue weighted by atomic mass is 10.1. The predicted octanol–water partition coefficient (Wildman–Crippen LogP) is 10.8. The van der Waals surface area contributed by atoms with Crippen molar-refractivity contribution >= 4 is 25.7 Å². The molecule has 0 heterocycles. The van der Waals surface area contributed by atoms with E-state index in [2.05, 4.69) is 79.1 Å². The summed E-state index contributed by atoms with van der Waals surface area (Å²) in [5, 5.41) is 8.88. The third-order valence-electron chi connectivity index (χ3n) is 8.49. The molecule has 0 aromatic carbocycles. The normalized spacial score (nSPS) is 14.4. The summed E-state index contributed by atoms with van der Waals surface area (Å²) < 4.78 is 32.6. The fourth-order valence-electron chi connectivity index (χ4n) is 5.14. The van der Waals surface area contributed by atoms with Gasteiger partial charge in [-0.3, -0.25) is 23.4 Å². The lowest BCUT2D eigenvalue weighted by molar-refractivity contribution is -0.161. The minimum absolute atomic E-state index is 0.137. The van der Waals surface area contributed by atoms with Crippen molar-refractivity contribution in [1.82, 2.24) is 0 Å². The number of nitrogens with two attached hydrogens (primary N) is 1. The number of allylic oxidation sites excluding steroid dienone is 10. The number of carbonyl (C=O) groups excluding carboxylic acids is 2. The minimum atomic E-state index is -4.73. The molecule has 55 heavy (non-hydrogen) atoms. The van der Waals surface area contributed by atoms with Gasteiger partial charge in [0.1, 0.15) is 12.6 Å². The second kappa shape index (κ2) is 38.1. The number of hydrogen-bond acceptors (Lipinski definition) is 9. The van der Waals surface area contributed by atoms with E-state index < -0.39 is 51.1 Å². The number of rotatable bonds is 38. The van der Waals surface area contributed by atoms with Crippen LogP contribution in [0.4, 0.5) is 0 Å². The Kier molecular flexibility index (Phi) is 36.1. The van der Waals surface area contributed by atoms with E-state index in [1.54, 1.807) is 0 Å². The lowest BCUT2D eigenvalue weighted by Crippen LogP contribution is -2.34. The van der Waals surface area contributed by atoms with Crippen LogP contribution in [0.25, 0.3) is 0 Å².